The van der Waals surface area contributed by atoms with Crippen LogP contribution in [0.15, 0.2) is 23.1 Å². The third-order valence-corrected chi connectivity index (χ3v) is 6.84. The summed E-state index contributed by atoms with van der Waals surface area (Å²) in [6, 6.07) is 3.64. The predicted octanol–water partition coefficient (Wildman–Crippen LogP) is 2.18. The number of primary sulfonamides is 1. The van der Waals surface area contributed by atoms with Crippen LogP contribution in [0.5, 0.6) is 0 Å². The smallest absolute Gasteiger partial charge is 0.338 e. The van der Waals surface area contributed by atoms with Crippen LogP contribution in [-0.4, -0.2) is 44.9 Å². The van der Waals surface area contributed by atoms with Crippen molar-refractivity contribution in [3.63, 3.8) is 0 Å². The molecule has 2 aliphatic rings. The molecule has 27 heavy (non-hydrogen) atoms. The molecule has 148 valence electrons. The number of ether oxygens (including phenoxy) is 1. The van der Waals surface area contributed by atoms with Crippen LogP contribution in [0, 0.1) is 11.8 Å². The van der Waals surface area contributed by atoms with Crippen LogP contribution in [0.4, 0.5) is 0 Å². The molecule has 0 spiro atoms. The van der Waals surface area contributed by atoms with E-state index in [2.05, 4.69) is 0 Å². The Morgan fingerprint density at radius 3 is 2.59 bits per heavy atom. The van der Waals surface area contributed by atoms with Gasteiger partial charge in [0.25, 0.3) is 5.91 Å². The third kappa shape index (κ3) is 4.80. The van der Waals surface area contributed by atoms with Gasteiger partial charge in [-0.05, 0) is 42.9 Å². The molecule has 1 aromatic carbocycles. The van der Waals surface area contributed by atoms with Gasteiger partial charge in [-0.25, -0.2) is 18.4 Å². The number of carbonyl (C=O) groups excluding carboxylic acids is 2. The highest BCUT2D eigenvalue weighted by Crippen LogP contribution is 2.36. The lowest BCUT2D eigenvalue weighted by Gasteiger charge is -2.41. The van der Waals surface area contributed by atoms with Crippen LogP contribution in [-0.2, 0) is 19.6 Å². The quantitative estimate of drug-likeness (QED) is 0.760. The minimum Gasteiger partial charge on any atom is -0.452 e. The fraction of sp³-hybridized carbons (Fsp3) is 0.556. The predicted molar refractivity (Wildman–Crippen MR) is 99.8 cm³/mol. The van der Waals surface area contributed by atoms with Gasteiger partial charge in [0.15, 0.2) is 6.61 Å². The van der Waals surface area contributed by atoms with Crippen LogP contribution in [0.3, 0.4) is 0 Å². The van der Waals surface area contributed by atoms with E-state index in [9.17, 15) is 18.0 Å². The first kappa shape index (κ1) is 20.1. The van der Waals surface area contributed by atoms with E-state index in [0.717, 1.165) is 25.5 Å². The standard InChI is InChI=1S/C18H23ClN2O5S/c19-15-6-5-13(9-16(15)27(20,24)25)18(23)26-11-17(22)21-8-7-12-3-1-2-4-14(12)10-21/h5-6,9,12,14H,1-4,7-8,10-11H2,(H2,20,24,25)/t12-,14-/m0/s1. The number of hydrogen-bond donors (Lipinski definition) is 1. The molecule has 1 heterocycles. The second kappa shape index (κ2) is 8.16. The van der Waals surface area contributed by atoms with Gasteiger partial charge in [-0.15, -0.1) is 0 Å². The fourth-order valence-corrected chi connectivity index (χ4v) is 5.05. The highest BCUT2D eigenvalue weighted by Gasteiger charge is 2.33. The monoisotopic (exact) mass is 414 g/mol. The minimum atomic E-state index is -4.06. The summed E-state index contributed by atoms with van der Waals surface area (Å²) in [5, 5.41) is 4.99. The second-order valence-electron chi connectivity index (χ2n) is 7.20. The van der Waals surface area contributed by atoms with Crippen molar-refractivity contribution in [3.8, 4) is 0 Å². The SMILES string of the molecule is NS(=O)(=O)c1cc(C(=O)OCC(=O)N2CC[C@@H]3CCCC[C@H]3C2)ccc1Cl. The van der Waals surface area contributed by atoms with Gasteiger partial charge in [-0.1, -0.05) is 30.9 Å². The van der Waals surface area contributed by atoms with Crippen LogP contribution in [0.1, 0.15) is 42.5 Å². The van der Waals surface area contributed by atoms with E-state index in [1.54, 1.807) is 4.90 Å². The zero-order valence-corrected chi connectivity index (χ0v) is 16.5. The van der Waals surface area contributed by atoms with Crippen LogP contribution < -0.4 is 5.14 Å². The van der Waals surface area contributed by atoms with E-state index in [4.69, 9.17) is 21.5 Å². The summed E-state index contributed by atoms with van der Waals surface area (Å²) in [5.41, 5.74) is -0.0257. The number of benzene rings is 1. The van der Waals surface area contributed by atoms with Gasteiger partial charge in [0.2, 0.25) is 10.0 Å². The average Bonchev–Trinajstić information content (AvgIpc) is 2.64. The van der Waals surface area contributed by atoms with E-state index in [1.165, 1.54) is 31.4 Å². The van der Waals surface area contributed by atoms with E-state index >= 15 is 0 Å². The minimum absolute atomic E-state index is 0.0257. The average molecular weight is 415 g/mol. The van der Waals surface area contributed by atoms with Crippen molar-refractivity contribution >= 4 is 33.5 Å². The number of esters is 1. The maximum Gasteiger partial charge on any atom is 0.338 e. The van der Waals surface area contributed by atoms with Crippen molar-refractivity contribution in [1.82, 2.24) is 4.90 Å². The molecule has 0 radical (unpaired) electrons. The van der Waals surface area contributed by atoms with E-state index in [1.807, 2.05) is 0 Å². The molecule has 2 fully saturated rings. The Bertz CT molecular complexity index is 842. The van der Waals surface area contributed by atoms with Crippen molar-refractivity contribution in [2.24, 2.45) is 17.0 Å². The number of nitrogens with two attached hydrogens (primary N) is 1. The number of fused-ring (bicyclic) bond motifs is 1. The lowest BCUT2D eigenvalue weighted by atomic mass is 9.75. The molecule has 0 bridgehead atoms. The number of rotatable bonds is 4. The van der Waals surface area contributed by atoms with Gasteiger partial charge in [0.05, 0.1) is 10.6 Å². The topological polar surface area (TPSA) is 107 Å². The van der Waals surface area contributed by atoms with Gasteiger partial charge in [0, 0.05) is 13.1 Å². The van der Waals surface area contributed by atoms with Crippen molar-refractivity contribution < 1.29 is 22.7 Å². The van der Waals surface area contributed by atoms with Crippen LogP contribution in [0.25, 0.3) is 0 Å². The summed E-state index contributed by atoms with van der Waals surface area (Å²) in [5.74, 6) is 0.224. The number of likely N-dealkylation sites (tertiary alicyclic amines) is 1. The molecular formula is C18H23ClN2O5S. The van der Waals surface area contributed by atoms with Gasteiger partial charge >= 0.3 is 5.97 Å². The molecule has 1 aliphatic carbocycles. The Morgan fingerprint density at radius 1 is 1.19 bits per heavy atom. The molecule has 0 unspecified atom stereocenters. The highest BCUT2D eigenvalue weighted by molar-refractivity contribution is 7.89. The summed E-state index contributed by atoms with van der Waals surface area (Å²) < 4.78 is 28.1. The highest BCUT2D eigenvalue weighted by atomic mass is 35.5. The molecule has 1 amide bonds. The molecule has 1 saturated heterocycles. The summed E-state index contributed by atoms with van der Waals surface area (Å²) in [4.78, 5) is 26.0. The van der Waals surface area contributed by atoms with Gasteiger partial charge < -0.3 is 9.64 Å². The zero-order chi connectivity index (χ0) is 19.6. The molecular weight excluding hydrogens is 392 g/mol. The first-order valence-electron chi connectivity index (χ1n) is 9.03. The third-order valence-electron chi connectivity index (χ3n) is 5.44. The van der Waals surface area contributed by atoms with Crippen LogP contribution >= 0.6 is 11.6 Å². The molecule has 1 saturated carbocycles. The first-order chi connectivity index (χ1) is 12.8. The molecule has 0 aromatic heterocycles. The molecule has 9 heteroatoms. The van der Waals surface area contributed by atoms with Gasteiger partial charge in [-0.2, -0.15) is 0 Å². The molecule has 1 aromatic rings. The second-order valence-corrected chi connectivity index (χ2v) is 9.14. The fourth-order valence-electron chi connectivity index (χ4n) is 3.98. The summed E-state index contributed by atoms with van der Waals surface area (Å²) in [7, 11) is -4.06. The Kier molecular flexibility index (Phi) is 6.08. The number of amides is 1. The summed E-state index contributed by atoms with van der Waals surface area (Å²) in [6.07, 6.45) is 5.87. The van der Waals surface area contributed by atoms with E-state index < -0.39 is 16.0 Å². The van der Waals surface area contributed by atoms with E-state index in [-0.39, 0.29) is 28.0 Å². The molecule has 3 rings (SSSR count). The van der Waals surface area contributed by atoms with Crippen molar-refractivity contribution in [2.75, 3.05) is 19.7 Å². The molecule has 7 nitrogen and oxygen atoms in total. The summed E-state index contributed by atoms with van der Waals surface area (Å²) >= 11 is 5.80. The van der Waals surface area contributed by atoms with E-state index in [0.29, 0.717) is 18.4 Å². The first-order valence-corrected chi connectivity index (χ1v) is 11.0. The normalized spacial score (nSPS) is 22.8. The lowest BCUT2D eigenvalue weighted by molar-refractivity contribution is -0.137. The molecule has 2 N–H and O–H groups in total. The Balaban J connectivity index is 1.58. The van der Waals surface area contributed by atoms with Gasteiger partial charge in [0.1, 0.15) is 4.90 Å². The number of sulfonamides is 1. The number of halogens is 1. The Morgan fingerprint density at radius 2 is 1.89 bits per heavy atom. The molecule has 2 atom stereocenters. The summed E-state index contributed by atoms with van der Waals surface area (Å²) in [6.45, 7) is 1.04. The Hall–Kier alpha value is -1.64. The number of piperidine rings is 1. The molecule has 1 aliphatic heterocycles. The zero-order valence-electron chi connectivity index (χ0n) is 14.9. The van der Waals surface area contributed by atoms with Gasteiger partial charge in [-0.3, -0.25) is 4.79 Å². The lowest BCUT2D eigenvalue weighted by Crippen LogP contribution is -2.46. The van der Waals surface area contributed by atoms with Crippen molar-refractivity contribution in [3.05, 3.63) is 28.8 Å². The number of nitrogens with zero attached hydrogens (tertiary/aromatic N) is 1. The van der Waals surface area contributed by atoms with Crippen LogP contribution in [0.2, 0.25) is 5.02 Å². The maximum atomic E-state index is 12.4. The van der Waals surface area contributed by atoms with Crippen molar-refractivity contribution in [2.45, 2.75) is 37.0 Å². The van der Waals surface area contributed by atoms with Crippen molar-refractivity contribution in [1.29, 1.82) is 0 Å². The Labute approximate surface area is 163 Å². The maximum absolute atomic E-state index is 12.4. The number of carbonyl (C=O) groups is 2. The largest absolute Gasteiger partial charge is 0.452 e. The number of hydrogen-bond acceptors (Lipinski definition) is 5.